The summed E-state index contributed by atoms with van der Waals surface area (Å²) in [5, 5.41) is 10.5. The molecule has 556 valence electrons. The van der Waals surface area contributed by atoms with Crippen molar-refractivity contribution in [2.24, 2.45) is 0 Å². The molecule has 116 heavy (non-hydrogen) atoms. The van der Waals surface area contributed by atoms with Gasteiger partial charge in [-0.2, -0.15) is 0 Å². The predicted octanol–water partition coefficient (Wildman–Crippen LogP) is 30.0. The highest BCUT2D eigenvalue weighted by Crippen LogP contribution is 2.51. The van der Waals surface area contributed by atoms with Crippen molar-refractivity contribution >= 4 is 87.2 Å². The van der Waals surface area contributed by atoms with Gasteiger partial charge in [0.15, 0.2) is 0 Å². The van der Waals surface area contributed by atoms with Gasteiger partial charge >= 0.3 is 0 Å². The van der Waals surface area contributed by atoms with Crippen LogP contribution in [0.25, 0.3) is 166 Å². The number of benzene rings is 17. The number of rotatable bonds is 7. The van der Waals surface area contributed by atoms with E-state index in [0.29, 0.717) is 0 Å². The minimum atomic E-state index is -0.0556. The second-order valence-electron chi connectivity index (χ2n) is 32.7. The summed E-state index contributed by atoms with van der Waals surface area (Å²) in [5.41, 5.74) is 38.5. The lowest BCUT2D eigenvalue weighted by molar-refractivity contribution is 0.630. The van der Waals surface area contributed by atoms with Gasteiger partial charge in [-0.15, -0.1) is 0 Å². The fourth-order valence-electron chi connectivity index (χ4n) is 18.5. The molecule has 4 aromatic heterocycles. The second-order valence-corrected chi connectivity index (χ2v) is 32.7. The molecule has 2 aliphatic heterocycles. The summed E-state index contributed by atoms with van der Waals surface area (Å²) in [6.07, 6.45) is 0. The third kappa shape index (κ3) is 12.1. The number of nitrogens with zero attached hydrogens (tertiary/aromatic N) is 4. The Morgan fingerprint density at radius 1 is 0.172 bits per heavy atom. The zero-order valence-electron chi connectivity index (χ0n) is 66.7. The van der Waals surface area contributed by atoms with Crippen LogP contribution < -0.4 is 0 Å². The standard InChI is InChI=1S/C31H23N.2C28H23N.C25H19N/c1-22-11-13-23(14-12-22)24-15-17-25(18-16-24)26-19-20-31-29(21-26)28-9-5-6-10-30(28)32(31)27-7-3-2-4-8-27;1-18-11-13-19(14-12-18)20-15-16-25-22(17-20)21-7-6-9-24-27(21)29(25)26-10-5-4-8-23(26)28(24,2)3;1-18-11-13-19(14-12-18)20-15-16-26-24(17-20)28(2,3)23-9-6-8-22-21-7-4-5-10-25(21)29(26)27(22)23;1-18-11-13-19(14-12-18)20-15-16-25-23(17-20)22-9-5-6-10-24(22)26(25)21-7-3-2-4-8-21/h2-21H,1H3;2*4-17H,1-3H3;2-17H,1H3. The predicted molar refractivity (Wildman–Crippen MR) is 494 cm³/mol. The Morgan fingerprint density at radius 2 is 0.431 bits per heavy atom. The number of hydrogen-bond donors (Lipinski definition) is 0. The molecule has 4 heteroatoms. The van der Waals surface area contributed by atoms with Crippen LogP contribution in [0.3, 0.4) is 0 Å². The van der Waals surface area contributed by atoms with Gasteiger partial charge in [-0.05, 0) is 203 Å². The summed E-state index contributed by atoms with van der Waals surface area (Å²) in [6.45, 7) is 17.9. The van der Waals surface area contributed by atoms with Crippen LogP contribution in [0.4, 0.5) is 0 Å². The molecule has 0 fully saturated rings. The molecule has 0 radical (unpaired) electrons. The van der Waals surface area contributed by atoms with Crippen LogP contribution in [0.1, 0.15) is 72.2 Å². The molecule has 0 spiro atoms. The normalized spacial score (nSPS) is 12.8. The van der Waals surface area contributed by atoms with Gasteiger partial charge in [0, 0.05) is 65.3 Å². The fraction of sp³-hybridized carbons (Fsp3) is 0.0893. The summed E-state index contributed by atoms with van der Waals surface area (Å²) in [6, 6.07) is 141. The summed E-state index contributed by atoms with van der Waals surface area (Å²) >= 11 is 0. The SMILES string of the molecule is Cc1ccc(-c2ccc(-c3ccc4c(c3)c3ccccc3n4-c3ccccc3)cc2)cc1.Cc1ccc(-c2ccc3c(c2)C(C)(C)c2cccc4c5ccccc5n-3c24)cc1.Cc1ccc(-c2ccc3c(c2)c2cccc4c2n3-c2ccccc2C4(C)C)cc1.Cc1ccc(-c2ccc3c(c2)c2ccccc2n3-c2ccccc2)cc1. The van der Waals surface area contributed by atoms with Gasteiger partial charge in [0.1, 0.15) is 0 Å². The monoisotopic (exact) mass is 1490 g/mol. The first-order valence-corrected chi connectivity index (χ1v) is 40.6. The first-order valence-electron chi connectivity index (χ1n) is 40.6. The smallest absolute Gasteiger partial charge is 0.0582 e. The maximum Gasteiger partial charge on any atom is 0.0582 e. The molecule has 0 amide bonds. The van der Waals surface area contributed by atoms with Crippen LogP contribution in [-0.2, 0) is 10.8 Å². The Bertz CT molecular complexity index is 7350. The number of fused-ring (bicyclic) bond motifs is 16. The lowest BCUT2D eigenvalue weighted by Crippen LogP contribution is -2.26. The molecular weight excluding hydrogens is 1400 g/mol. The second kappa shape index (κ2) is 28.5. The topological polar surface area (TPSA) is 19.7 Å². The van der Waals surface area contributed by atoms with Crippen LogP contribution in [0, 0.1) is 27.7 Å². The minimum absolute atomic E-state index is 0.0136. The fourth-order valence-corrected chi connectivity index (χ4v) is 18.5. The van der Waals surface area contributed by atoms with E-state index >= 15 is 0 Å². The van der Waals surface area contributed by atoms with Gasteiger partial charge in [-0.1, -0.05) is 341 Å². The lowest BCUT2D eigenvalue weighted by atomic mass is 9.74. The van der Waals surface area contributed by atoms with Gasteiger partial charge in [0.05, 0.1) is 55.5 Å². The van der Waals surface area contributed by atoms with Gasteiger partial charge < -0.3 is 18.3 Å². The van der Waals surface area contributed by atoms with Crippen molar-refractivity contribution in [3.05, 3.63) is 433 Å². The number of hydrogen-bond acceptors (Lipinski definition) is 0. The van der Waals surface area contributed by atoms with Crippen molar-refractivity contribution in [3.63, 3.8) is 0 Å². The Kier molecular flexibility index (Phi) is 17.5. The third-order valence-corrected chi connectivity index (χ3v) is 24.7. The van der Waals surface area contributed by atoms with E-state index in [-0.39, 0.29) is 10.8 Å². The maximum atomic E-state index is 2.47. The molecule has 23 rings (SSSR count). The van der Waals surface area contributed by atoms with E-state index < -0.39 is 0 Å². The third-order valence-electron chi connectivity index (χ3n) is 24.7. The molecule has 17 aromatic carbocycles. The largest absolute Gasteiger partial charge is 0.309 e. The zero-order valence-corrected chi connectivity index (χ0v) is 66.7. The van der Waals surface area contributed by atoms with E-state index in [0.717, 1.165) is 0 Å². The Hall–Kier alpha value is -14.1. The molecule has 0 atom stereocenters. The van der Waals surface area contributed by atoms with E-state index in [2.05, 4.69) is 462 Å². The molecule has 0 aliphatic carbocycles. The van der Waals surface area contributed by atoms with Gasteiger partial charge in [-0.3, -0.25) is 0 Å². The molecule has 0 saturated heterocycles. The highest BCUT2D eigenvalue weighted by Gasteiger charge is 2.37. The number of para-hydroxylation sites is 8. The van der Waals surface area contributed by atoms with Crippen molar-refractivity contribution in [1.29, 1.82) is 0 Å². The summed E-state index contributed by atoms with van der Waals surface area (Å²) in [7, 11) is 0. The Morgan fingerprint density at radius 3 is 0.853 bits per heavy atom. The zero-order chi connectivity index (χ0) is 78.5. The average molecular weight is 1490 g/mol. The van der Waals surface area contributed by atoms with E-state index in [9.17, 15) is 0 Å². The average Bonchev–Trinajstić information content (AvgIpc) is 1.53. The first-order chi connectivity index (χ1) is 56.7. The van der Waals surface area contributed by atoms with Crippen molar-refractivity contribution < 1.29 is 0 Å². The van der Waals surface area contributed by atoms with Gasteiger partial charge in [0.25, 0.3) is 0 Å². The number of aryl methyl sites for hydroxylation is 4. The Balaban J connectivity index is 0.0000001000. The highest BCUT2D eigenvalue weighted by atomic mass is 15.0. The van der Waals surface area contributed by atoms with Crippen LogP contribution in [-0.4, -0.2) is 18.3 Å². The van der Waals surface area contributed by atoms with Crippen LogP contribution in [0.15, 0.2) is 388 Å². The molecule has 0 bridgehead atoms. The highest BCUT2D eigenvalue weighted by molar-refractivity contribution is 6.15. The van der Waals surface area contributed by atoms with Gasteiger partial charge in [0.2, 0.25) is 0 Å². The molecule has 0 saturated carbocycles. The molecule has 21 aromatic rings. The van der Waals surface area contributed by atoms with Crippen LogP contribution >= 0.6 is 0 Å². The van der Waals surface area contributed by atoms with Crippen molar-refractivity contribution in [2.75, 3.05) is 0 Å². The van der Waals surface area contributed by atoms with Crippen LogP contribution in [0.2, 0.25) is 0 Å². The lowest BCUT2D eigenvalue weighted by Gasteiger charge is -2.35. The first kappa shape index (κ1) is 71.0. The number of aromatic nitrogens is 4. The van der Waals surface area contributed by atoms with E-state index in [1.54, 1.807) is 0 Å². The molecule has 6 heterocycles. The molecule has 2 aliphatic rings. The molecule has 4 nitrogen and oxygen atoms in total. The molecule has 0 unspecified atom stereocenters. The molecule has 0 N–H and O–H groups in total. The minimum Gasteiger partial charge on any atom is -0.309 e. The summed E-state index contributed by atoms with van der Waals surface area (Å²) < 4.78 is 9.65. The van der Waals surface area contributed by atoms with E-state index in [1.165, 1.54) is 210 Å². The summed E-state index contributed by atoms with van der Waals surface area (Å²) in [4.78, 5) is 0. The summed E-state index contributed by atoms with van der Waals surface area (Å²) in [5.74, 6) is 0. The van der Waals surface area contributed by atoms with E-state index in [1.807, 2.05) is 0 Å². The molecular formula is C112H88N4. The van der Waals surface area contributed by atoms with Crippen molar-refractivity contribution in [2.45, 2.75) is 66.2 Å². The quantitative estimate of drug-likeness (QED) is 0.152. The Labute approximate surface area is 678 Å². The van der Waals surface area contributed by atoms with Crippen molar-refractivity contribution in [1.82, 2.24) is 18.3 Å². The van der Waals surface area contributed by atoms with Crippen LogP contribution in [0.5, 0.6) is 0 Å². The van der Waals surface area contributed by atoms with Crippen molar-refractivity contribution in [3.8, 4) is 78.4 Å². The maximum absolute atomic E-state index is 2.47. The van der Waals surface area contributed by atoms with Gasteiger partial charge in [-0.25, -0.2) is 0 Å². The van der Waals surface area contributed by atoms with E-state index in [4.69, 9.17) is 0 Å².